The van der Waals surface area contributed by atoms with E-state index in [1.165, 1.54) is 5.56 Å². The molecule has 24 heavy (non-hydrogen) atoms. The van der Waals surface area contributed by atoms with Gasteiger partial charge in [0, 0.05) is 18.9 Å². The van der Waals surface area contributed by atoms with Crippen LogP contribution in [0.1, 0.15) is 10.6 Å². The van der Waals surface area contributed by atoms with Crippen LogP contribution in [0.4, 0.5) is 0 Å². The first-order valence-electron chi connectivity index (χ1n) is 7.80. The van der Waals surface area contributed by atoms with Gasteiger partial charge in [0.25, 0.3) is 0 Å². The smallest absolute Gasteiger partial charge is 0.160 e. The van der Waals surface area contributed by atoms with Crippen molar-refractivity contribution < 1.29 is 9.47 Å². The number of hydrogen-bond acceptors (Lipinski definition) is 5. The highest BCUT2D eigenvalue weighted by molar-refractivity contribution is 7.15. The lowest BCUT2D eigenvalue weighted by Gasteiger charge is -2.09. The normalized spacial score (nSPS) is 10.8. The van der Waals surface area contributed by atoms with Crippen molar-refractivity contribution in [2.45, 2.75) is 13.0 Å². The van der Waals surface area contributed by atoms with Crippen molar-refractivity contribution >= 4 is 11.3 Å². The molecule has 3 aromatic rings. The van der Waals surface area contributed by atoms with Crippen LogP contribution in [-0.4, -0.2) is 30.7 Å². The molecule has 5 nitrogen and oxygen atoms in total. The van der Waals surface area contributed by atoms with Crippen LogP contribution in [0.15, 0.2) is 42.7 Å². The SMILES string of the molecule is COc1ccc(CCNCc2ncc(-c3ccc[nH]3)s2)cc1OC. The number of thiazole rings is 1. The monoisotopic (exact) mass is 343 g/mol. The van der Waals surface area contributed by atoms with E-state index in [-0.39, 0.29) is 0 Å². The highest BCUT2D eigenvalue weighted by Gasteiger charge is 2.06. The number of ether oxygens (including phenoxy) is 2. The average Bonchev–Trinajstić information content (AvgIpc) is 3.29. The van der Waals surface area contributed by atoms with Gasteiger partial charge in [0.1, 0.15) is 5.01 Å². The van der Waals surface area contributed by atoms with Crippen LogP contribution in [0.3, 0.4) is 0 Å². The Bertz CT molecular complexity index is 768. The first-order valence-corrected chi connectivity index (χ1v) is 8.62. The summed E-state index contributed by atoms with van der Waals surface area (Å²) in [6.07, 6.45) is 4.77. The number of benzene rings is 1. The molecule has 0 atom stereocenters. The molecule has 0 amide bonds. The molecule has 0 unspecified atom stereocenters. The Labute approximate surface area is 145 Å². The van der Waals surface area contributed by atoms with Crippen molar-refractivity contribution in [2.75, 3.05) is 20.8 Å². The Morgan fingerprint density at radius 1 is 1.17 bits per heavy atom. The predicted molar refractivity (Wildman–Crippen MR) is 96.9 cm³/mol. The first kappa shape index (κ1) is 16.5. The van der Waals surface area contributed by atoms with Gasteiger partial charge in [0.05, 0.1) is 24.8 Å². The van der Waals surface area contributed by atoms with E-state index in [1.54, 1.807) is 25.6 Å². The van der Waals surface area contributed by atoms with E-state index in [2.05, 4.69) is 27.4 Å². The van der Waals surface area contributed by atoms with Crippen molar-refractivity contribution in [3.8, 4) is 22.1 Å². The van der Waals surface area contributed by atoms with Gasteiger partial charge >= 0.3 is 0 Å². The second-order valence-electron chi connectivity index (χ2n) is 5.32. The molecule has 0 aliphatic rings. The Balaban J connectivity index is 1.49. The van der Waals surface area contributed by atoms with E-state index in [0.29, 0.717) is 0 Å². The standard InChI is InChI=1S/C18H21N3O2S/c1-22-15-6-5-13(10-16(15)23-2)7-9-19-12-18-21-11-17(24-18)14-4-3-8-20-14/h3-6,8,10-11,19-20H,7,9,12H2,1-2H3. The second-order valence-corrected chi connectivity index (χ2v) is 6.43. The van der Waals surface area contributed by atoms with Gasteiger partial charge in [0.2, 0.25) is 0 Å². The lowest BCUT2D eigenvalue weighted by atomic mass is 10.1. The van der Waals surface area contributed by atoms with Gasteiger partial charge in [0.15, 0.2) is 11.5 Å². The summed E-state index contributed by atoms with van der Waals surface area (Å²) in [4.78, 5) is 8.83. The van der Waals surface area contributed by atoms with E-state index < -0.39 is 0 Å². The number of methoxy groups -OCH3 is 2. The van der Waals surface area contributed by atoms with E-state index in [1.807, 2.05) is 30.6 Å². The summed E-state index contributed by atoms with van der Waals surface area (Å²) in [6, 6.07) is 10.1. The quantitative estimate of drug-likeness (QED) is 0.615. The summed E-state index contributed by atoms with van der Waals surface area (Å²) in [5.41, 5.74) is 2.33. The molecule has 0 aliphatic heterocycles. The third-order valence-corrected chi connectivity index (χ3v) is 4.76. The Morgan fingerprint density at radius 2 is 2.04 bits per heavy atom. The molecule has 0 spiro atoms. The van der Waals surface area contributed by atoms with Crippen LogP contribution in [-0.2, 0) is 13.0 Å². The third kappa shape index (κ3) is 3.96. The van der Waals surface area contributed by atoms with Gasteiger partial charge in [-0.2, -0.15) is 0 Å². The molecule has 1 aromatic carbocycles. The summed E-state index contributed by atoms with van der Waals surface area (Å²) in [7, 11) is 3.30. The topological polar surface area (TPSA) is 59.2 Å². The average molecular weight is 343 g/mol. The van der Waals surface area contributed by atoms with Gasteiger partial charge in [-0.05, 0) is 42.8 Å². The van der Waals surface area contributed by atoms with Gasteiger partial charge in [-0.25, -0.2) is 4.98 Å². The van der Waals surface area contributed by atoms with Crippen molar-refractivity contribution in [1.29, 1.82) is 0 Å². The molecule has 0 aliphatic carbocycles. The minimum Gasteiger partial charge on any atom is -0.493 e. The fourth-order valence-electron chi connectivity index (χ4n) is 2.46. The molecule has 2 aromatic heterocycles. The van der Waals surface area contributed by atoms with Crippen molar-refractivity contribution in [1.82, 2.24) is 15.3 Å². The molecule has 126 valence electrons. The predicted octanol–water partition coefficient (Wildman–Crippen LogP) is 3.49. The van der Waals surface area contributed by atoms with Crippen LogP contribution in [0.25, 0.3) is 10.6 Å². The number of nitrogens with one attached hydrogen (secondary N) is 2. The van der Waals surface area contributed by atoms with E-state index >= 15 is 0 Å². The Morgan fingerprint density at radius 3 is 2.79 bits per heavy atom. The van der Waals surface area contributed by atoms with Crippen LogP contribution >= 0.6 is 11.3 Å². The fourth-order valence-corrected chi connectivity index (χ4v) is 3.34. The van der Waals surface area contributed by atoms with Gasteiger partial charge in [-0.15, -0.1) is 11.3 Å². The van der Waals surface area contributed by atoms with E-state index in [4.69, 9.17) is 9.47 Å². The van der Waals surface area contributed by atoms with Gasteiger partial charge < -0.3 is 19.8 Å². The molecule has 0 bridgehead atoms. The third-order valence-electron chi connectivity index (χ3n) is 3.73. The zero-order valence-corrected chi connectivity index (χ0v) is 14.7. The zero-order valence-electron chi connectivity index (χ0n) is 13.8. The van der Waals surface area contributed by atoms with Crippen molar-refractivity contribution in [3.05, 3.63) is 53.3 Å². The summed E-state index contributed by atoms with van der Waals surface area (Å²) in [5.74, 6) is 1.53. The number of hydrogen-bond donors (Lipinski definition) is 2. The minimum absolute atomic E-state index is 0.758. The molecule has 0 radical (unpaired) electrons. The number of aromatic nitrogens is 2. The molecule has 0 fully saturated rings. The summed E-state index contributed by atoms with van der Waals surface area (Å²) >= 11 is 1.71. The second kappa shape index (κ2) is 7.99. The lowest BCUT2D eigenvalue weighted by molar-refractivity contribution is 0.354. The number of aromatic amines is 1. The minimum atomic E-state index is 0.758. The summed E-state index contributed by atoms with van der Waals surface area (Å²) in [5, 5.41) is 4.53. The number of nitrogens with zero attached hydrogens (tertiary/aromatic N) is 1. The maximum Gasteiger partial charge on any atom is 0.160 e. The van der Waals surface area contributed by atoms with Gasteiger partial charge in [-0.3, -0.25) is 0 Å². The molecular formula is C18H21N3O2S. The zero-order chi connectivity index (χ0) is 16.8. The maximum absolute atomic E-state index is 5.33. The molecule has 2 N–H and O–H groups in total. The maximum atomic E-state index is 5.33. The number of rotatable bonds is 8. The summed E-state index contributed by atoms with van der Waals surface area (Å²) in [6.45, 7) is 1.66. The summed E-state index contributed by atoms with van der Waals surface area (Å²) < 4.78 is 10.6. The Kier molecular flexibility index (Phi) is 5.51. The highest BCUT2D eigenvalue weighted by Crippen LogP contribution is 2.27. The molecule has 6 heteroatoms. The van der Waals surface area contributed by atoms with Crippen LogP contribution in [0, 0.1) is 0 Å². The lowest BCUT2D eigenvalue weighted by Crippen LogP contribution is -2.16. The van der Waals surface area contributed by atoms with Crippen molar-refractivity contribution in [3.63, 3.8) is 0 Å². The first-order chi connectivity index (χ1) is 11.8. The van der Waals surface area contributed by atoms with Crippen LogP contribution in [0.2, 0.25) is 0 Å². The molecule has 2 heterocycles. The Hall–Kier alpha value is -2.31. The molecule has 3 rings (SSSR count). The van der Waals surface area contributed by atoms with Crippen LogP contribution < -0.4 is 14.8 Å². The molecule has 0 saturated carbocycles. The highest BCUT2D eigenvalue weighted by atomic mass is 32.1. The van der Waals surface area contributed by atoms with Crippen LogP contribution in [0.5, 0.6) is 11.5 Å². The largest absolute Gasteiger partial charge is 0.493 e. The van der Waals surface area contributed by atoms with E-state index in [0.717, 1.165) is 46.6 Å². The molecular weight excluding hydrogens is 322 g/mol. The number of H-pyrrole nitrogens is 1. The van der Waals surface area contributed by atoms with Gasteiger partial charge in [-0.1, -0.05) is 6.07 Å². The fraction of sp³-hybridized carbons (Fsp3) is 0.278. The van der Waals surface area contributed by atoms with E-state index in [9.17, 15) is 0 Å². The molecule has 0 saturated heterocycles. The van der Waals surface area contributed by atoms with Crippen molar-refractivity contribution in [2.24, 2.45) is 0 Å².